The molecule has 0 spiro atoms. The van der Waals surface area contributed by atoms with Gasteiger partial charge in [0, 0.05) is 27.9 Å². The number of furan rings is 1. The summed E-state index contributed by atoms with van der Waals surface area (Å²) in [4.78, 5) is 9.34. The van der Waals surface area contributed by atoms with E-state index in [0.29, 0.717) is 5.71 Å². The predicted molar refractivity (Wildman–Crippen MR) is 111 cm³/mol. The molecule has 0 amide bonds. The van der Waals surface area contributed by atoms with Crippen molar-refractivity contribution in [3.05, 3.63) is 72.4 Å². The lowest BCUT2D eigenvalue weighted by atomic mass is 9.87. The predicted octanol–water partition coefficient (Wildman–Crippen LogP) is 6.49. The Kier molecular flexibility index (Phi) is 3.35. The van der Waals surface area contributed by atoms with Crippen molar-refractivity contribution in [1.29, 1.82) is 0 Å². The number of hydrogen-bond acceptors (Lipinski definition) is 3. The van der Waals surface area contributed by atoms with E-state index in [1.54, 1.807) is 0 Å². The number of para-hydroxylation sites is 2. The van der Waals surface area contributed by atoms with Gasteiger partial charge in [-0.3, -0.25) is 4.98 Å². The van der Waals surface area contributed by atoms with E-state index in [1.165, 1.54) is 5.56 Å². The molecule has 2 aromatic carbocycles. The molecule has 3 heterocycles. The molecule has 0 aliphatic rings. The first kappa shape index (κ1) is 16.0. The standard InChI is InChI=1S/C24H20N2O/c1-24(2,3)16-11-12-25-21(14-16)18-9-6-8-17-19-13-15-7-4-5-10-20(15)26-23(19)27-22(17)18/h4-14H,1-3H3. The highest BCUT2D eigenvalue weighted by Gasteiger charge is 2.18. The quantitative estimate of drug-likeness (QED) is 0.346. The molecule has 0 fully saturated rings. The van der Waals surface area contributed by atoms with Crippen LogP contribution < -0.4 is 0 Å². The van der Waals surface area contributed by atoms with Crippen molar-refractivity contribution >= 4 is 33.0 Å². The number of fused-ring (bicyclic) bond motifs is 4. The smallest absolute Gasteiger partial charge is 0.227 e. The highest BCUT2D eigenvalue weighted by Crippen LogP contribution is 2.36. The Labute approximate surface area is 157 Å². The SMILES string of the molecule is CC(C)(C)c1ccnc(-c2cccc3c2oc2nc4ccccc4cc23)c1. The van der Waals surface area contributed by atoms with Crippen LogP contribution in [-0.2, 0) is 5.41 Å². The Morgan fingerprint density at radius 3 is 2.56 bits per heavy atom. The fourth-order valence-corrected chi connectivity index (χ4v) is 3.57. The molecule has 3 nitrogen and oxygen atoms in total. The van der Waals surface area contributed by atoms with Crippen LogP contribution >= 0.6 is 0 Å². The molecule has 0 radical (unpaired) electrons. The molecule has 0 saturated heterocycles. The molecular weight excluding hydrogens is 332 g/mol. The van der Waals surface area contributed by atoms with Crippen molar-refractivity contribution in [3.8, 4) is 11.3 Å². The molecule has 27 heavy (non-hydrogen) atoms. The van der Waals surface area contributed by atoms with Gasteiger partial charge in [-0.15, -0.1) is 0 Å². The molecule has 5 rings (SSSR count). The molecule has 0 atom stereocenters. The number of rotatable bonds is 1. The van der Waals surface area contributed by atoms with Crippen molar-refractivity contribution in [2.24, 2.45) is 0 Å². The largest absolute Gasteiger partial charge is 0.437 e. The van der Waals surface area contributed by atoms with Gasteiger partial charge in [0.2, 0.25) is 5.71 Å². The lowest BCUT2D eigenvalue weighted by Gasteiger charge is -2.19. The van der Waals surface area contributed by atoms with E-state index < -0.39 is 0 Å². The van der Waals surface area contributed by atoms with Crippen molar-refractivity contribution in [2.45, 2.75) is 26.2 Å². The normalized spacial score (nSPS) is 12.3. The van der Waals surface area contributed by atoms with Crippen molar-refractivity contribution in [3.63, 3.8) is 0 Å². The van der Waals surface area contributed by atoms with Crippen LogP contribution in [0.5, 0.6) is 0 Å². The van der Waals surface area contributed by atoms with Gasteiger partial charge in [0.25, 0.3) is 0 Å². The maximum Gasteiger partial charge on any atom is 0.227 e. The summed E-state index contributed by atoms with van der Waals surface area (Å²) in [6.45, 7) is 6.63. The van der Waals surface area contributed by atoms with Gasteiger partial charge in [-0.1, -0.05) is 51.1 Å². The number of aromatic nitrogens is 2. The summed E-state index contributed by atoms with van der Waals surface area (Å²) >= 11 is 0. The molecule has 5 aromatic rings. The zero-order chi connectivity index (χ0) is 18.6. The number of hydrogen-bond donors (Lipinski definition) is 0. The van der Waals surface area contributed by atoms with Crippen molar-refractivity contribution in [1.82, 2.24) is 9.97 Å². The topological polar surface area (TPSA) is 38.9 Å². The Bertz CT molecular complexity index is 1310. The van der Waals surface area contributed by atoms with E-state index >= 15 is 0 Å². The summed E-state index contributed by atoms with van der Waals surface area (Å²) in [5, 5.41) is 3.23. The summed E-state index contributed by atoms with van der Waals surface area (Å²) in [7, 11) is 0. The number of benzene rings is 2. The maximum absolute atomic E-state index is 6.22. The van der Waals surface area contributed by atoms with Crippen LogP contribution in [-0.4, -0.2) is 9.97 Å². The molecule has 0 unspecified atom stereocenters. The van der Waals surface area contributed by atoms with Crippen LogP contribution in [0.1, 0.15) is 26.3 Å². The number of pyridine rings is 2. The second kappa shape index (κ2) is 5.65. The monoisotopic (exact) mass is 352 g/mol. The molecule has 0 aliphatic heterocycles. The minimum absolute atomic E-state index is 0.0682. The van der Waals surface area contributed by atoms with Gasteiger partial charge in [0.1, 0.15) is 5.58 Å². The first-order chi connectivity index (χ1) is 13.0. The van der Waals surface area contributed by atoms with Crippen LogP contribution in [0.4, 0.5) is 0 Å². The molecule has 0 saturated carbocycles. The van der Waals surface area contributed by atoms with E-state index in [-0.39, 0.29) is 5.41 Å². The van der Waals surface area contributed by atoms with Crippen molar-refractivity contribution in [2.75, 3.05) is 0 Å². The summed E-state index contributed by atoms with van der Waals surface area (Å²) in [5.41, 5.74) is 5.70. The molecule has 132 valence electrons. The van der Waals surface area contributed by atoms with E-state index in [4.69, 9.17) is 9.40 Å². The van der Waals surface area contributed by atoms with E-state index in [2.05, 4.69) is 68.2 Å². The lowest BCUT2D eigenvalue weighted by molar-refractivity contribution is 0.589. The summed E-state index contributed by atoms with van der Waals surface area (Å²) in [5.74, 6) is 0. The fourth-order valence-electron chi connectivity index (χ4n) is 3.57. The minimum atomic E-state index is 0.0682. The van der Waals surface area contributed by atoms with Crippen molar-refractivity contribution < 1.29 is 4.42 Å². The number of nitrogens with zero attached hydrogens (tertiary/aromatic N) is 2. The van der Waals surface area contributed by atoms with Crippen LogP contribution in [0.2, 0.25) is 0 Å². The van der Waals surface area contributed by atoms with Gasteiger partial charge < -0.3 is 4.42 Å². The fraction of sp³-hybridized carbons (Fsp3) is 0.167. The Morgan fingerprint density at radius 1 is 0.852 bits per heavy atom. The van der Waals surface area contributed by atoms with Gasteiger partial charge >= 0.3 is 0 Å². The van der Waals surface area contributed by atoms with Gasteiger partial charge in [-0.2, -0.15) is 0 Å². The van der Waals surface area contributed by atoms with Gasteiger partial charge in [-0.25, -0.2) is 4.98 Å². The van der Waals surface area contributed by atoms with Gasteiger partial charge in [0.05, 0.1) is 11.2 Å². The molecular formula is C24H20N2O. The lowest BCUT2D eigenvalue weighted by Crippen LogP contribution is -2.11. The van der Waals surface area contributed by atoms with Crippen LogP contribution in [0.15, 0.2) is 71.3 Å². The van der Waals surface area contributed by atoms with E-state index in [9.17, 15) is 0 Å². The highest BCUT2D eigenvalue weighted by molar-refractivity contribution is 6.10. The summed E-state index contributed by atoms with van der Waals surface area (Å²) in [6.07, 6.45) is 1.88. The van der Waals surface area contributed by atoms with Crippen LogP contribution in [0, 0.1) is 0 Å². The zero-order valence-corrected chi connectivity index (χ0v) is 15.7. The average Bonchev–Trinajstić information content (AvgIpc) is 3.03. The first-order valence-corrected chi connectivity index (χ1v) is 9.19. The third-order valence-corrected chi connectivity index (χ3v) is 5.09. The second-order valence-electron chi connectivity index (χ2n) is 8.00. The third kappa shape index (κ3) is 2.58. The van der Waals surface area contributed by atoms with Crippen LogP contribution in [0.3, 0.4) is 0 Å². The summed E-state index contributed by atoms with van der Waals surface area (Å²) < 4.78 is 6.22. The minimum Gasteiger partial charge on any atom is -0.437 e. The summed E-state index contributed by atoms with van der Waals surface area (Å²) in [6, 6.07) is 20.7. The highest BCUT2D eigenvalue weighted by atomic mass is 16.3. The third-order valence-electron chi connectivity index (χ3n) is 5.09. The Balaban J connectivity index is 1.80. The molecule has 0 aliphatic carbocycles. The van der Waals surface area contributed by atoms with E-state index in [0.717, 1.165) is 38.5 Å². The molecule has 3 aromatic heterocycles. The van der Waals surface area contributed by atoms with Crippen LogP contribution in [0.25, 0.3) is 44.2 Å². The molecule has 0 N–H and O–H groups in total. The second-order valence-corrected chi connectivity index (χ2v) is 8.00. The maximum atomic E-state index is 6.22. The first-order valence-electron chi connectivity index (χ1n) is 9.19. The molecule has 0 bridgehead atoms. The zero-order valence-electron chi connectivity index (χ0n) is 15.7. The van der Waals surface area contributed by atoms with Gasteiger partial charge in [-0.05, 0) is 41.3 Å². The molecule has 3 heteroatoms. The van der Waals surface area contributed by atoms with Gasteiger partial charge in [0.15, 0.2) is 0 Å². The van der Waals surface area contributed by atoms with E-state index in [1.807, 2.05) is 24.4 Å². The average molecular weight is 352 g/mol. The Hall–Kier alpha value is -3.20. The Morgan fingerprint density at radius 2 is 1.70 bits per heavy atom.